The van der Waals surface area contributed by atoms with Gasteiger partial charge >= 0.3 is 5.97 Å². The number of carbonyl (C=O) groups is 2. The van der Waals surface area contributed by atoms with Crippen molar-refractivity contribution in [2.24, 2.45) is 0 Å². The quantitative estimate of drug-likeness (QED) is 0.778. The number of hydrogen-bond acceptors (Lipinski definition) is 4. The van der Waals surface area contributed by atoms with Crippen LogP contribution in [0, 0.1) is 0 Å². The Morgan fingerprint density at radius 2 is 1.56 bits per heavy atom. The van der Waals surface area contributed by atoms with Gasteiger partial charge in [-0.2, -0.15) is 0 Å². The van der Waals surface area contributed by atoms with Crippen LogP contribution in [0.1, 0.15) is 31.1 Å². The Bertz CT molecular complexity index is 726. The van der Waals surface area contributed by atoms with Crippen LogP contribution in [0.3, 0.4) is 0 Å². The van der Waals surface area contributed by atoms with Crippen LogP contribution in [0.5, 0.6) is 5.75 Å². The minimum Gasteiger partial charge on any atom is -0.479 e. The summed E-state index contributed by atoms with van der Waals surface area (Å²) in [6.45, 7) is 5.17. The molecule has 25 heavy (non-hydrogen) atoms. The van der Waals surface area contributed by atoms with E-state index in [9.17, 15) is 9.59 Å². The van der Waals surface area contributed by atoms with Crippen molar-refractivity contribution in [3.05, 3.63) is 59.1 Å². The standard InChI is InChI=1S/C19H20ClNO4/c1-12(2)24-19(23)13(3)25-17-10-4-14(5-11-17)18(22)21-16-8-6-15(20)7-9-16/h4-13H,1-3H3,(H,21,22)/t13-/m0/s1. The molecule has 0 aliphatic carbocycles. The van der Waals surface area contributed by atoms with Gasteiger partial charge in [-0.3, -0.25) is 4.79 Å². The van der Waals surface area contributed by atoms with Gasteiger partial charge in [-0.1, -0.05) is 11.6 Å². The summed E-state index contributed by atoms with van der Waals surface area (Å²) >= 11 is 5.81. The summed E-state index contributed by atoms with van der Waals surface area (Å²) in [5.41, 5.74) is 1.12. The lowest BCUT2D eigenvalue weighted by Crippen LogP contribution is -2.28. The summed E-state index contributed by atoms with van der Waals surface area (Å²) < 4.78 is 10.6. The van der Waals surface area contributed by atoms with Crippen LogP contribution in [0.2, 0.25) is 5.02 Å². The van der Waals surface area contributed by atoms with Gasteiger partial charge in [0.25, 0.3) is 5.91 Å². The zero-order valence-corrected chi connectivity index (χ0v) is 15.0. The van der Waals surface area contributed by atoms with E-state index in [4.69, 9.17) is 21.1 Å². The smallest absolute Gasteiger partial charge is 0.347 e. The summed E-state index contributed by atoms with van der Waals surface area (Å²) in [6.07, 6.45) is -0.923. The molecule has 0 aliphatic rings. The molecule has 2 aromatic rings. The summed E-state index contributed by atoms with van der Waals surface area (Å²) in [7, 11) is 0. The van der Waals surface area contributed by atoms with Crippen LogP contribution in [0.4, 0.5) is 5.69 Å². The topological polar surface area (TPSA) is 64.6 Å². The van der Waals surface area contributed by atoms with Crippen LogP contribution in [-0.4, -0.2) is 24.1 Å². The number of anilines is 1. The van der Waals surface area contributed by atoms with E-state index in [1.165, 1.54) is 0 Å². The van der Waals surface area contributed by atoms with E-state index in [1.807, 2.05) is 0 Å². The third-order valence-electron chi connectivity index (χ3n) is 3.22. The first-order valence-electron chi connectivity index (χ1n) is 7.89. The first-order chi connectivity index (χ1) is 11.8. The van der Waals surface area contributed by atoms with E-state index in [0.717, 1.165) is 0 Å². The molecule has 5 nitrogen and oxygen atoms in total. The zero-order chi connectivity index (χ0) is 18.4. The molecular weight excluding hydrogens is 342 g/mol. The second-order valence-electron chi connectivity index (χ2n) is 5.73. The Morgan fingerprint density at radius 1 is 0.960 bits per heavy atom. The van der Waals surface area contributed by atoms with Crippen LogP contribution in [-0.2, 0) is 9.53 Å². The molecule has 1 amide bonds. The Morgan fingerprint density at radius 3 is 2.12 bits per heavy atom. The second kappa shape index (κ2) is 8.53. The lowest BCUT2D eigenvalue weighted by molar-refractivity contribution is -0.154. The molecule has 0 spiro atoms. The second-order valence-corrected chi connectivity index (χ2v) is 6.17. The van der Waals surface area contributed by atoms with Crippen molar-refractivity contribution in [1.82, 2.24) is 0 Å². The molecule has 1 N–H and O–H groups in total. The maximum atomic E-state index is 12.2. The molecular formula is C19H20ClNO4. The molecule has 0 saturated carbocycles. The molecule has 0 bridgehead atoms. The molecule has 0 fully saturated rings. The predicted octanol–water partition coefficient (Wildman–Crippen LogP) is 4.31. The number of halogens is 1. The van der Waals surface area contributed by atoms with Gasteiger partial charge in [0.1, 0.15) is 5.75 Å². The van der Waals surface area contributed by atoms with Crippen LogP contribution in [0.25, 0.3) is 0 Å². The number of hydrogen-bond donors (Lipinski definition) is 1. The number of ether oxygens (including phenoxy) is 2. The Balaban J connectivity index is 1.95. The number of amides is 1. The van der Waals surface area contributed by atoms with Crippen LogP contribution in [0.15, 0.2) is 48.5 Å². The Hall–Kier alpha value is -2.53. The highest BCUT2D eigenvalue weighted by atomic mass is 35.5. The van der Waals surface area contributed by atoms with Crippen molar-refractivity contribution >= 4 is 29.2 Å². The first-order valence-corrected chi connectivity index (χ1v) is 8.27. The number of carbonyl (C=O) groups excluding carboxylic acids is 2. The minimum absolute atomic E-state index is 0.197. The van der Waals surface area contributed by atoms with Crippen LogP contribution >= 0.6 is 11.6 Å². The molecule has 0 aromatic heterocycles. The maximum absolute atomic E-state index is 12.2. The van der Waals surface area contributed by atoms with Crippen molar-refractivity contribution in [2.75, 3.05) is 5.32 Å². The molecule has 0 heterocycles. The molecule has 6 heteroatoms. The normalized spacial score (nSPS) is 11.7. The number of nitrogens with one attached hydrogen (secondary N) is 1. The fourth-order valence-electron chi connectivity index (χ4n) is 2.00. The zero-order valence-electron chi connectivity index (χ0n) is 14.3. The van der Waals surface area contributed by atoms with E-state index in [0.29, 0.717) is 22.0 Å². The molecule has 0 radical (unpaired) electrons. The van der Waals surface area contributed by atoms with Gasteiger partial charge in [0.2, 0.25) is 0 Å². The van der Waals surface area contributed by atoms with Crippen molar-refractivity contribution in [3.8, 4) is 5.75 Å². The average Bonchev–Trinajstić information content (AvgIpc) is 2.57. The van der Waals surface area contributed by atoms with E-state index in [-0.39, 0.29) is 12.0 Å². The van der Waals surface area contributed by atoms with E-state index in [1.54, 1.807) is 69.3 Å². The maximum Gasteiger partial charge on any atom is 0.347 e. The fraction of sp³-hybridized carbons (Fsp3) is 0.263. The molecule has 0 aliphatic heterocycles. The monoisotopic (exact) mass is 361 g/mol. The van der Waals surface area contributed by atoms with Crippen molar-refractivity contribution in [3.63, 3.8) is 0 Å². The third-order valence-corrected chi connectivity index (χ3v) is 3.47. The molecule has 0 saturated heterocycles. The molecule has 1 atom stereocenters. The minimum atomic E-state index is -0.726. The number of esters is 1. The number of benzene rings is 2. The molecule has 2 rings (SSSR count). The van der Waals surface area contributed by atoms with Crippen LogP contribution < -0.4 is 10.1 Å². The van der Waals surface area contributed by atoms with Gasteiger partial charge in [-0.25, -0.2) is 4.79 Å². The SMILES string of the molecule is CC(C)OC(=O)[C@H](C)Oc1ccc(C(=O)Nc2ccc(Cl)cc2)cc1. The van der Waals surface area contributed by atoms with E-state index in [2.05, 4.69) is 5.32 Å². The lowest BCUT2D eigenvalue weighted by atomic mass is 10.2. The van der Waals surface area contributed by atoms with Gasteiger partial charge in [-0.05, 0) is 69.3 Å². The van der Waals surface area contributed by atoms with Gasteiger partial charge in [-0.15, -0.1) is 0 Å². The lowest BCUT2D eigenvalue weighted by Gasteiger charge is -2.16. The summed E-state index contributed by atoms with van der Waals surface area (Å²) in [6, 6.07) is 13.4. The first kappa shape index (κ1) is 18.8. The summed E-state index contributed by atoms with van der Waals surface area (Å²) in [4.78, 5) is 23.9. The van der Waals surface area contributed by atoms with Gasteiger partial charge in [0.15, 0.2) is 6.10 Å². The van der Waals surface area contributed by atoms with Crippen molar-refractivity contribution < 1.29 is 19.1 Å². The predicted molar refractivity (Wildman–Crippen MR) is 97.2 cm³/mol. The summed E-state index contributed by atoms with van der Waals surface area (Å²) in [5, 5.41) is 3.37. The average molecular weight is 362 g/mol. The largest absolute Gasteiger partial charge is 0.479 e. The van der Waals surface area contributed by atoms with Crippen molar-refractivity contribution in [2.45, 2.75) is 33.0 Å². The molecule has 0 unspecified atom stereocenters. The highest BCUT2D eigenvalue weighted by Crippen LogP contribution is 2.17. The number of rotatable bonds is 6. The third kappa shape index (κ3) is 5.80. The molecule has 2 aromatic carbocycles. The van der Waals surface area contributed by atoms with Crippen molar-refractivity contribution in [1.29, 1.82) is 0 Å². The van der Waals surface area contributed by atoms with E-state index < -0.39 is 12.1 Å². The van der Waals surface area contributed by atoms with Gasteiger partial charge < -0.3 is 14.8 Å². The van der Waals surface area contributed by atoms with E-state index >= 15 is 0 Å². The fourth-order valence-corrected chi connectivity index (χ4v) is 2.13. The summed E-state index contributed by atoms with van der Waals surface area (Å²) in [5.74, 6) is -0.197. The Labute approximate surface area is 151 Å². The van der Waals surface area contributed by atoms with Gasteiger partial charge in [0, 0.05) is 16.3 Å². The highest BCUT2D eigenvalue weighted by Gasteiger charge is 2.17. The molecule has 132 valence electrons. The van der Waals surface area contributed by atoms with Gasteiger partial charge in [0.05, 0.1) is 6.10 Å². The highest BCUT2D eigenvalue weighted by molar-refractivity contribution is 6.30. The Kier molecular flexibility index (Phi) is 6.42.